The van der Waals surface area contributed by atoms with Crippen molar-refractivity contribution in [1.29, 1.82) is 0 Å². The lowest BCUT2D eigenvalue weighted by Gasteiger charge is -2.30. The molecule has 0 aliphatic rings. The van der Waals surface area contributed by atoms with Crippen molar-refractivity contribution in [3.8, 4) is 0 Å². The van der Waals surface area contributed by atoms with Gasteiger partial charge in [-0.15, -0.1) is 0 Å². The number of hydrogen-bond acceptors (Lipinski definition) is 7. The van der Waals surface area contributed by atoms with Crippen LogP contribution >= 0.6 is 0 Å². The van der Waals surface area contributed by atoms with Crippen LogP contribution in [0.25, 0.3) is 0 Å². The van der Waals surface area contributed by atoms with Crippen LogP contribution < -0.4 is 5.32 Å². The van der Waals surface area contributed by atoms with E-state index in [1.54, 1.807) is 6.92 Å². The Bertz CT molecular complexity index is 519. The second kappa shape index (κ2) is 7.00. The predicted molar refractivity (Wildman–Crippen MR) is 75.3 cm³/mol. The molecule has 0 aliphatic heterocycles. The molecular weight excluding hydrogens is 280 g/mol. The third-order valence-electron chi connectivity index (χ3n) is 3.30. The number of esters is 1. The van der Waals surface area contributed by atoms with Crippen LogP contribution in [0.4, 0.5) is 11.4 Å². The average Bonchev–Trinajstić information content (AvgIpc) is 2.51. The lowest BCUT2D eigenvalue weighted by molar-refractivity contribution is -0.384. The van der Waals surface area contributed by atoms with Gasteiger partial charge in [-0.1, -0.05) is 6.92 Å². The summed E-state index contributed by atoms with van der Waals surface area (Å²) in [7, 11) is 1.20. The van der Waals surface area contributed by atoms with Crippen LogP contribution in [-0.2, 0) is 4.74 Å². The zero-order valence-electron chi connectivity index (χ0n) is 11.8. The van der Waals surface area contributed by atoms with Crippen LogP contribution in [0.3, 0.4) is 0 Å². The highest BCUT2D eigenvalue weighted by Gasteiger charge is 2.29. The number of benzene rings is 1. The molecule has 0 unspecified atom stereocenters. The van der Waals surface area contributed by atoms with Gasteiger partial charge in [0.2, 0.25) is 0 Å². The number of nitro benzene ring substituents is 1. The van der Waals surface area contributed by atoms with Crippen molar-refractivity contribution in [2.45, 2.75) is 18.9 Å². The van der Waals surface area contributed by atoms with Crippen LogP contribution in [-0.4, -0.2) is 47.0 Å². The quantitative estimate of drug-likeness (QED) is 0.389. The number of hydrogen-bond donors (Lipinski definition) is 3. The minimum absolute atomic E-state index is 0.0350. The highest BCUT2D eigenvalue weighted by Crippen LogP contribution is 2.29. The molecule has 1 rings (SSSR count). The van der Waals surface area contributed by atoms with Gasteiger partial charge in [0.05, 0.1) is 36.3 Å². The topological polar surface area (TPSA) is 122 Å². The molecule has 0 bridgehead atoms. The van der Waals surface area contributed by atoms with E-state index in [0.717, 1.165) is 0 Å². The summed E-state index contributed by atoms with van der Waals surface area (Å²) in [5.41, 5.74) is -1.21. The van der Waals surface area contributed by atoms with Crippen LogP contribution in [0.15, 0.2) is 18.2 Å². The highest BCUT2D eigenvalue weighted by molar-refractivity contribution is 5.91. The molecule has 0 spiro atoms. The van der Waals surface area contributed by atoms with Gasteiger partial charge in [0.1, 0.15) is 5.69 Å². The summed E-state index contributed by atoms with van der Waals surface area (Å²) >= 11 is 0. The van der Waals surface area contributed by atoms with Crippen molar-refractivity contribution >= 4 is 17.3 Å². The van der Waals surface area contributed by atoms with Gasteiger partial charge in [-0.2, -0.15) is 0 Å². The number of rotatable bonds is 7. The summed E-state index contributed by atoms with van der Waals surface area (Å²) in [5.74, 6) is -0.636. The standard InChI is InChI=1S/C13H18N2O6/c1-3-13(7-16,8-17)14-10-6-9(12(18)21-2)4-5-11(10)15(19)20/h4-6,14,16-17H,3,7-8H2,1-2H3. The number of nitrogens with one attached hydrogen (secondary N) is 1. The van der Waals surface area contributed by atoms with E-state index in [-0.39, 0.29) is 16.9 Å². The van der Waals surface area contributed by atoms with Crippen LogP contribution in [0.5, 0.6) is 0 Å². The number of aliphatic hydroxyl groups excluding tert-OH is 2. The molecule has 116 valence electrons. The van der Waals surface area contributed by atoms with Gasteiger partial charge in [0, 0.05) is 6.07 Å². The van der Waals surface area contributed by atoms with Gasteiger partial charge in [-0.25, -0.2) is 4.79 Å². The average molecular weight is 298 g/mol. The van der Waals surface area contributed by atoms with Crippen LogP contribution in [0.1, 0.15) is 23.7 Å². The summed E-state index contributed by atoms with van der Waals surface area (Å²) in [4.78, 5) is 21.9. The number of ether oxygens (including phenoxy) is 1. The van der Waals surface area contributed by atoms with E-state index < -0.39 is 29.6 Å². The molecule has 21 heavy (non-hydrogen) atoms. The van der Waals surface area contributed by atoms with Crippen molar-refractivity contribution in [3.63, 3.8) is 0 Å². The minimum Gasteiger partial charge on any atom is -0.465 e. The Morgan fingerprint density at radius 3 is 2.48 bits per heavy atom. The number of nitro groups is 1. The molecule has 0 amide bonds. The molecule has 0 aliphatic carbocycles. The lowest BCUT2D eigenvalue weighted by Crippen LogP contribution is -2.45. The molecule has 3 N–H and O–H groups in total. The molecule has 0 saturated heterocycles. The molecule has 0 atom stereocenters. The first-order valence-corrected chi connectivity index (χ1v) is 6.29. The maximum Gasteiger partial charge on any atom is 0.337 e. The number of aliphatic hydroxyl groups is 2. The Hall–Kier alpha value is -2.19. The molecule has 8 nitrogen and oxygen atoms in total. The van der Waals surface area contributed by atoms with Gasteiger partial charge in [-0.3, -0.25) is 10.1 Å². The smallest absolute Gasteiger partial charge is 0.337 e. The van der Waals surface area contributed by atoms with E-state index in [1.807, 2.05) is 0 Å². The van der Waals surface area contributed by atoms with Crippen molar-refractivity contribution in [3.05, 3.63) is 33.9 Å². The van der Waals surface area contributed by atoms with Crippen LogP contribution in [0, 0.1) is 10.1 Å². The summed E-state index contributed by atoms with van der Waals surface area (Å²) in [5, 5.41) is 32.6. The molecule has 1 aromatic carbocycles. The number of anilines is 1. The Balaban J connectivity index is 3.29. The first-order chi connectivity index (χ1) is 9.92. The first-order valence-electron chi connectivity index (χ1n) is 6.29. The second-order valence-corrected chi connectivity index (χ2v) is 4.56. The van der Waals surface area contributed by atoms with E-state index in [9.17, 15) is 25.1 Å². The van der Waals surface area contributed by atoms with Gasteiger partial charge in [-0.05, 0) is 18.6 Å². The number of carbonyl (C=O) groups is 1. The van der Waals surface area contributed by atoms with Gasteiger partial charge >= 0.3 is 5.97 Å². The largest absolute Gasteiger partial charge is 0.465 e. The molecule has 8 heteroatoms. The third-order valence-corrected chi connectivity index (χ3v) is 3.30. The van der Waals surface area contributed by atoms with Gasteiger partial charge < -0.3 is 20.3 Å². The van der Waals surface area contributed by atoms with Crippen LogP contribution in [0.2, 0.25) is 0 Å². The van der Waals surface area contributed by atoms with Gasteiger partial charge in [0.25, 0.3) is 5.69 Å². The third kappa shape index (κ3) is 3.67. The fourth-order valence-electron chi connectivity index (χ4n) is 1.77. The van der Waals surface area contributed by atoms with E-state index in [1.165, 1.54) is 25.3 Å². The zero-order chi connectivity index (χ0) is 16.0. The van der Waals surface area contributed by atoms with Crippen molar-refractivity contribution < 1.29 is 24.7 Å². The molecule has 0 aromatic heterocycles. The Kier molecular flexibility index (Phi) is 5.62. The summed E-state index contributed by atoms with van der Waals surface area (Å²) in [6.07, 6.45) is 0.333. The summed E-state index contributed by atoms with van der Waals surface area (Å²) < 4.78 is 4.57. The molecule has 0 radical (unpaired) electrons. The first kappa shape index (κ1) is 16.9. The SMILES string of the molecule is CCC(CO)(CO)Nc1cc(C(=O)OC)ccc1[N+](=O)[O-]. The van der Waals surface area contributed by atoms with Gasteiger partial charge in [0.15, 0.2) is 0 Å². The van der Waals surface area contributed by atoms with Crippen molar-refractivity contribution in [2.24, 2.45) is 0 Å². The number of nitrogens with zero attached hydrogens (tertiary/aromatic N) is 1. The highest BCUT2D eigenvalue weighted by atomic mass is 16.6. The summed E-state index contributed by atoms with van der Waals surface area (Å²) in [6.45, 7) is 0.884. The van der Waals surface area contributed by atoms with Crippen molar-refractivity contribution in [1.82, 2.24) is 0 Å². The normalized spacial score (nSPS) is 11.0. The Morgan fingerprint density at radius 2 is 2.05 bits per heavy atom. The number of carbonyl (C=O) groups excluding carboxylic acids is 1. The Labute approximate surface area is 121 Å². The second-order valence-electron chi connectivity index (χ2n) is 4.56. The summed E-state index contributed by atoms with van der Waals surface area (Å²) in [6, 6.07) is 3.71. The minimum atomic E-state index is -1.11. The van der Waals surface area contributed by atoms with Crippen molar-refractivity contribution in [2.75, 3.05) is 25.6 Å². The van der Waals surface area contributed by atoms with E-state index >= 15 is 0 Å². The number of methoxy groups -OCH3 is 1. The maximum atomic E-state index is 11.5. The van der Waals surface area contributed by atoms with E-state index in [2.05, 4.69) is 10.1 Å². The fourth-order valence-corrected chi connectivity index (χ4v) is 1.77. The van der Waals surface area contributed by atoms with E-state index in [0.29, 0.717) is 6.42 Å². The molecule has 0 heterocycles. The molecule has 1 aromatic rings. The monoisotopic (exact) mass is 298 g/mol. The molecule has 0 fully saturated rings. The molecule has 0 saturated carbocycles. The zero-order valence-corrected chi connectivity index (χ0v) is 11.8. The predicted octanol–water partition coefficient (Wildman–Crippen LogP) is 0.927. The Morgan fingerprint density at radius 1 is 1.43 bits per heavy atom. The maximum absolute atomic E-state index is 11.5. The lowest BCUT2D eigenvalue weighted by atomic mass is 9.97. The van der Waals surface area contributed by atoms with E-state index in [4.69, 9.17) is 0 Å². The molecular formula is C13H18N2O6. The fraction of sp³-hybridized carbons (Fsp3) is 0.462.